The number of hydroxylamine groups is 2. The predicted octanol–water partition coefficient (Wildman–Crippen LogP) is 3.40. The zero-order chi connectivity index (χ0) is 13.8. The molecule has 3 nitrogen and oxygen atoms in total. The number of nitrogens with zero attached hydrogens (tertiary/aromatic N) is 1. The van der Waals surface area contributed by atoms with Crippen molar-refractivity contribution in [2.75, 3.05) is 19.7 Å². The molecule has 2 aliphatic heterocycles. The summed E-state index contributed by atoms with van der Waals surface area (Å²) in [6.45, 7) is 5.16. The highest BCUT2D eigenvalue weighted by molar-refractivity contribution is 5.16. The molecule has 110 valence electrons. The Morgan fingerprint density at radius 3 is 2.80 bits per heavy atom. The van der Waals surface area contributed by atoms with Crippen molar-refractivity contribution in [3.05, 3.63) is 35.9 Å². The molecule has 2 fully saturated rings. The van der Waals surface area contributed by atoms with Gasteiger partial charge in [0, 0.05) is 25.9 Å². The van der Waals surface area contributed by atoms with Crippen LogP contribution in [0.5, 0.6) is 0 Å². The summed E-state index contributed by atoms with van der Waals surface area (Å²) in [4.78, 5) is 6.33. The molecule has 3 rings (SSSR count). The van der Waals surface area contributed by atoms with Crippen molar-refractivity contribution in [1.29, 1.82) is 0 Å². The Hall–Kier alpha value is -0.900. The maximum atomic E-state index is 6.33. The van der Waals surface area contributed by atoms with Gasteiger partial charge in [-0.15, -0.1) is 0 Å². The van der Waals surface area contributed by atoms with Crippen LogP contribution in [0.4, 0.5) is 0 Å². The van der Waals surface area contributed by atoms with Crippen LogP contribution < -0.4 is 0 Å². The molecule has 1 aromatic carbocycles. The van der Waals surface area contributed by atoms with Gasteiger partial charge < -0.3 is 4.74 Å². The molecule has 0 aromatic heterocycles. The first-order valence-electron chi connectivity index (χ1n) is 7.88. The van der Waals surface area contributed by atoms with Crippen LogP contribution in [0.1, 0.15) is 38.2 Å². The van der Waals surface area contributed by atoms with E-state index in [1.54, 1.807) is 0 Å². The molecule has 3 heteroatoms. The average molecular weight is 275 g/mol. The van der Waals surface area contributed by atoms with Gasteiger partial charge in [0.2, 0.25) is 0 Å². The van der Waals surface area contributed by atoms with Gasteiger partial charge in [0.1, 0.15) is 0 Å². The molecule has 0 N–H and O–H groups in total. The number of hydrogen-bond donors (Lipinski definition) is 0. The Labute approximate surface area is 121 Å². The summed E-state index contributed by atoms with van der Waals surface area (Å²) in [7, 11) is 0. The summed E-state index contributed by atoms with van der Waals surface area (Å²) in [5, 5.41) is 2.12. The van der Waals surface area contributed by atoms with E-state index in [1.807, 2.05) is 0 Å². The van der Waals surface area contributed by atoms with Crippen molar-refractivity contribution in [3.63, 3.8) is 0 Å². The summed E-state index contributed by atoms with van der Waals surface area (Å²) in [6.07, 6.45) is 5.40. The maximum absolute atomic E-state index is 6.33. The van der Waals surface area contributed by atoms with E-state index in [9.17, 15) is 0 Å². The lowest BCUT2D eigenvalue weighted by molar-refractivity contribution is -0.352. The van der Waals surface area contributed by atoms with Crippen LogP contribution in [-0.4, -0.2) is 30.5 Å². The standard InChI is InChI=1S/C17H25NO2/c1-15-9-11-18(14-15)20-17(10-5-6-12-19-17)13-16-7-3-2-4-8-16/h2-4,7-8,15H,5-6,9-14H2,1H3/t15-,17?/m1/s1. The third-order valence-corrected chi connectivity index (χ3v) is 4.32. The Morgan fingerprint density at radius 1 is 1.30 bits per heavy atom. The molecule has 2 heterocycles. The molecular weight excluding hydrogens is 250 g/mol. The van der Waals surface area contributed by atoms with Gasteiger partial charge in [-0.05, 0) is 30.7 Å². The van der Waals surface area contributed by atoms with Crippen molar-refractivity contribution in [2.45, 2.75) is 44.8 Å². The molecule has 0 spiro atoms. The first kappa shape index (κ1) is 14.1. The van der Waals surface area contributed by atoms with Crippen molar-refractivity contribution in [2.24, 2.45) is 5.92 Å². The first-order chi connectivity index (χ1) is 9.76. The molecule has 0 saturated carbocycles. The molecule has 1 unspecified atom stereocenters. The maximum Gasteiger partial charge on any atom is 0.191 e. The topological polar surface area (TPSA) is 21.7 Å². The first-order valence-corrected chi connectivity index (χ1v) is 7.88. The smallest absolute Gasteiger partial charge is 0.191 e. The van der Waals surface area contributed by atoms with Gasteiger partial charge in [-0.1, -0.05) is 37.3 Å². The van der Waals surface area contributed by atoms with Gasteiger partial charge in [0.15, 0.2) is 5.79 Å². The van der Waals surface area contributed by atoms with Crippen LogP contribution in [0, 0.1) is 5.92 Å². The zero-order valence-electron chi connectivity index (χ0n) is 12.4. The van der Waals surface area contributed by atoms with Crippen LogP contribution in [0.2, 0.25) is 0 Å². The van der Waals surface area contributed by atoms with Gasteiger partial charge in [-0.3, -0.25) is 4.84 Å². The second-order valence-corrected chi connectivity index (χ2v) is 6.25. The largest absolute Gasteiger partial charge is 0.348 e. The minimum atomic E-state index is -0.441. The summed E-state index contributed by atoms with van der Waals surface area (Å²) in [6, 6.07) is 10.6. The van der Waals surface area contributed by atoms with E-state index < -0.39 is 5.79 Å². The lowest BCUT2D eigenvalue weighted by Gasteiger charge is -2.39. The third kappa shape index (κ3) is 3.40. The number of benzene rings is 1. The van der Waals surface area contributed by atoms with Crippen molar-refractivity contribution < 1.29 is 9.57 Å². The molecular formula is C17H25NO2. The highest BCUT2D eigenvalue weighted by atomic mass is 16.8. The van der Waals surface area contributed by atoms with Crippen LogP contribution in [0.3, 0.4) is 0 Å². The molecule has 20 heavy (non-hydrogen) atoms. The lowest BCUT2D eigenvalue weighted by atomic mass is 9.98. The third-order valence-electron chi connectivity index (χ3n) is 4.32. The van der Waals surface area contributed by atoms with E-state index in [2.05, 4.69) is 42.3 Å². The van der Waals surface area contributed by atoms with Crippen molar-refractivity contribution in [1.82, 2.24) is 5.06 Å². The normalized spacial score (nSPS) is 31.6. The molecule has 2 saturated heterocycles. The highest BCUT2D eigenvalue weighted by Gasteiger charge is 2.38. The van der Waals surface area contributed by atoms with E-state index in [4.69, 9.17) is 9.57 Å². The summed E-state index contributed by atoms with van der Waals surface area (Å²) < 4.78 is 6.10. The fraction of sp³-hybridized carbons (Fsp3) is 0.647. The molecule has 0 radical (unpaired) electrons. The summed E-state index contributed by atoms with van der Waals surface area (Å²) in [5.41, 5.74) is 1.29. The van der Waals surface area contributed by atoms with Crippen LogP contribution in [-0.2, 0) is 16.0 Å². The van der Waals surface area contributed by atoms with E-state index in [0.29, 0.717) is 0 Å². The van der Waals surface area contributed by atoms with E-state index >= 15 is 0 Å². The summed E-state index contributed by atoms with van der Waals surface area (Å²) >= 11 is 0. The van der Waals surface area contributed by atoms with Gasteiger partial charge in [0.25, 0.3) is 0 Å². The van der Waals surface area contributed by atoms with Crippen LogP contribution in [0.15, 0.2) is 30.3 Å². The fourth-order valence-electron chi connectivity index (χ4n) is 3.19. The SMILES string of the molecule is C[C@@H]1CCN(OC2(Cc3ccccc3)CCCCO2)C1. The van der Waals surface area contributed by atoms with Gasteiger partial charge >= 0.3 is 0 Å². The Kier molecular flexibility index (Phi) is 4.39. The molecule has 0 amide bonds. The van der Waals surface area contributed by atoms with Gasteiger partial charge in [-0.2, -0.15) is 5.06 Å². The number of ether oxygens (including phenoxy) is 1. The van der Waals surface area contributed by atoms with Crippen molar-refractivity contribution in [3.8, 4) is 0 Å². The molecule has 2 aliphatic rings. The second kappa shape index (κ2) is 6.25. The predicted molar refractivity (Wildman–Crippen MR) is 79.1 cm³/mol. The Morgan fingerprint density at radius 2 is 2.15 bits per heavy atom. The van der Waals surface area contributed by atoms with Crippen molar-refractivity contribution >= 4 is 0 Å². The number of hydrogen-bond acceptors (Lipinski definition) is 3. The molecule has 0 bridgehead atoms. The van der Waals surface area contributed by atoms with Crippen LogP contribution >= 0.6 is 0 Å². The second-order valence-electron chi connectivity index (χ2n) is 6.25. The summed E-state index contributed by atoms with van der Waals surface area (Å²) in [5.74, 6) is 0.288. The quantitative estimate of drug-likeness (QED) is 0.840. The van der Waals surface area contributed by atoms with E-state index in [1.165, 1.54) is 18.4 Å². The number of rotatable bonds is 4. The Bertz CT molecular complexity index is 414. The average Bonchev–Trinajstić information content (AvgIpc) is 2.86. The molecule has 0 aliphatic carbocycles. The van der Waals surface area contributed by atoms with E-state index in [-0.39, 0.29) is 0 Å². The highest BCUT2D eigenvalue weighted by Crippen LogP contribution is 2.32. The fourth-order valence-corrected chi connectivity index (χ4v) is 3.19. The van der Waals surface area contributed by atoms with E-state index in [0.717, 1.165) is 44.9 Å². The molecule has 2 atom stereocenters. The minimum absolute atomic E-state index is 0.441. The van der Waals surface area contributed by atoms with Crippen LogP contribution in [0.25, 0.3) is 0 Å². The van der Waals surface area contributed by atoms with Gasteiger partial charge in [-0.25, -0.2) is 0 Å². The molecule has 1 aromatic rings. The monoisotopic (exact) mass is 275 g/mol. The van der Waals surface area contributed by atoms with Gasteiger partial charge in [0.05, 0.1) is 6.61 Å². The minimum Gasteiger partial charge on any atom is -0.348 e. The zero-order valence-corrected chi connectivity index (χ0v) is 12.4. The lowest BCUT2D eigenvalue weighted by Crippen LogP contribution is -2.46. The Balaban J connectivity index is 1.70.